The smallest absolute Gasteiger partial charge is 0.229 e. The average molecular weight is 599 g/mol. The molecule has 3 heterocycles. The van der Waals surface area contributed by atoms with Gasteiger partial charge in [-0.3, -0.25) is 0 Å². The number of ether oxygens (including phenoxy) is 5. The van der Waals surface area contributed by atoms with Gasteiger partial charge in [0.1, 0.15) is 59.6 Å². The highest BCUT2D eigenvalue weighted by atomic mass is 16.8. The zero-order valence-electron chi connectivity index (χ0n) is 21.5. The van der Waals surface area contributed by atoms with Gasteiger partial charge >= 0.3 is 0 Å². The highest BCUT2D eigenvalue weighted by Gasteiger charge is 2.49. The quantitative estimate of drug-likeness (QED) is 0.160. The molecule has 0 bridgehead atoms. The summed E-state index contributed by atoms with van der Waals surface area (Å²) in [5, 5.41) is 111. The molecule has 42 heavy (non-hydrogen) atoms. The van der Waals surface area contributed by atoms with E-state index in [2.05, 4.69) is 0 Å². The third kappa shape index (κ3) is 5.47. The Hall–Kier alpha value is -3.58. The molecule has 0 aliphatic carbocycles. The summed E-state index contributed by atoms with van der Waals surface area (Å²) < 4.78 is 28.4. The van der Waals surface area contributed by atoms with Crippen LogP contribution >= 0.6 is 0 Å². The Bertz CT molecular complexity index is 1310. The number of benzene rings is 2. The molecule has 16 nitrogen and oxygen atoms in total. The van der Waals surface area contributed by atoms with Gasteiger partial charge in [-0.15, -0.1) is 0 Å². The third-order valence-corrected chi connectivity index (χ3v) is 7.11. The summed E-state index contributed by atoms with van der Waals surface area (Å²) in [6, 6.07) is 4.30. The van der Waals surface area contributed by atoms with E-state index in [9.17, 15) is 56.2 Å². The molecule has 10 unspecified atom stereocenters. The lowest BCUT2D eigenvalue weighted by molar-refractivity contribution is -0.354. The van der Waals surface area contributed by atoms with Crippen LogP contribution < -0.4 is 4.74 Å². The van der Waals surface area contributed by atoms with Crippen LogP contribution in [0.15, 0.2) is 30.0 Å². The van der Waals surface area contributed by atoms with Crippen LogP contribution in [0.2, 0.25) is 0 Å². The van der Waals surface area contributed by atoms with Crippen LogP contribution in [0.5, 0.6) is 34.5 Å². The normalized spacial score (nSPS) is 34.7. The molecular weight excluding hydrogens is 568 g/mol. The van der Waals surface area contributed by atoms with E-state index in [0.717, 1.165) is 18.2 Å². The first-order valence-corrected chi connectivity index (χ1v) is 12.7. The van der Waals surface area contributed by atoms with E-state index in [-0.39, 0.29) is 28.4 Å². The fourth-order valence-electron chi connectivity index (χ4n) is 4.83. The second kappa shape index (κ2) is 11.6. The minimum absolute atomic E-state index is 0.0188. The zero-order chi connectivity index (χ0) is 30.5. The van der Waals surface area contributed by atoms with Crippen LogP contribution in [0.3, 0.4) is 0 Å². The van der Waals surface area contributed by atoms with E-state index in [1.54, 1.807) is 0 Å². The van der Waals surface area contributed by atoms with Crippen LogP contribution in [-0.4, -0.2) is 125 Å². The molecule has 2 saturated heterocycles. The maximum absolute atomic E-state index is 10.8. The molecule has 5 rings (SSSR count). The van der Waals surface area contributed by atoms with Crippen molar-refractivity contribution in [1.29, 1.82) is 0 Å². The van der Waals surface area contributed by atoms with Gasteiger partial charge in [-0.25, -0.2) is 0 Å². The zero-order valence-corrected chi connectivity index (χ0v) is 21.5. The fourth-order valence-corrected chi connectivity index (χ4v) is 4.83. The van der Waals surface area contributed by atoms with Gasteiger partial charge < -0.3 is 79.9 Å². The summed E-state index contributed by atoms with van der Waals surface area (Å²) in [6.45, 7) is -1.22. The van der Waals surface area contributed by atoms with Gasteiger partial charge in [0.15, 0.2) is 35.7 Å². The molecule has 0 radical (unpaired) electrons. The molecule has 2 aromatic carbocycles. The lowest BCUT2D eigenvalue weighted by Gasteiger charge is -2.44. The minimum Gasteiger partial charge on any atom is -0.508 e. The summed E-state index contributed by atoms with van der Waals surface area (Å²) in [7, 11) is 0. The number of aliphatic hydroxyl groups is 6. The second-order valence-corrected chi connectivity index (χ2v) is 10.0. The van der Waals surface area contributed by atoms with E-state index in [1.165, 1.54) is 12.1 Å². The van der Waals surface area contributed by atoms with Crippen molar-refractivity contribution in [2.75, 3.05) is 13.2 Å². The van der Waals surface area contributed by atoms with Crippen LogP contribution in [0.4, 0.5) is 0 Å². The molecule has 16 heteroatoms. The van der Waals surface area contributed by atoms with E-state index in [1.807, 2.05) is 0 Å². The first-order chi connectivity index (χ1) is 19.9. The second-order valence-electron chi connectivity index (χ2n) is 10.0. The van der Waals surface area contributed by atoms with E-state index in [0.29, 0.717) is 0 Å². The topological polar surface area (TPSA) is 269 Å². The Kier molecular flexibility index (Phi) is 8.26. The number of rotatable bonds is 6. The maximum Gasteiger partial charge on any atom is 0.229 e. The van der Waals surface area contributed by atoms with E-state index < -0.39 is 97.6 Å². The molecule has 3 aliphatic rings. The lowest BCUT2D eigenvalue weighted by Crippen LogP contribution is -2.63. The Labute approximate surface area is 236 Å². The lowest BCUT2D eigenvalue weighted by atomic mass is 9.98. The molecular formula is C26H30O16. The summed E-state index contributed by atoms with van der Waals surface area (Å²) in [5.74, 6) is -3.22. The molecule has 0 aromatic heterocycles. The number of phenolic OH excluding ortho intramolecular Hbond substituents is 5. The Balaban J connectivity index is 1.50. The number of hydrogen-bond donors (Lipinski definition) is 11. The largest absolute Gasteiger partial charge is 0.508 e. The molecule has 3 aliphatic heterocycles. The van der Waals surface area contributed by atoms with Crippen LogP contribution in [0, 0.1) is 0 Å². The van der Waals surface area contributed by atoms with Crippen molar-refractivity contribution in [2.24, 2.45) is 0 Å². The minimum atomic E-state index is -1.86. The Morgan fingerprint density at radius 2 is 1.48 bits per heavy atom. The molecule has 11 N–H and O–H groups in total. The first kappa shape index (κ1) is 29.9. The van der Waals surface area contributed by atoms with Crippen molar-refractivity contribution < 1.29 is 79.9 Å². The van der Waals surface area contributed by atoms with Crippen molar-refractivity contribution in [3.63, 3.8) is 0 Å². The van der Waals surface area contributed by atoms with Crippen molar-refractivity contribution >= 4 is 6.08 Å². The number of fused-ring (bicyclic) bond motifs is 1. The molecule has 230 valence electrons. The van der Waals surface area contributed by atoms with Gasteiger partial charge in [-0.2, -0.15) is 0 Å². The van der Waals surface area contributed by atoms with Gasteiger partial charge in [0.2, 0.25) is 6.29 Å². The maximum atomic E-state index is 10.8. The average Bonchev–Trinajstić information content (AvgIpc) is 2.95. The van der Waals surface area contributed by atoms with Crippen molar-refractivity contribution in [2.45, 2.75) is 61.4 Å². The van der Waals surface area contributed by atoms with E-state index >= 15 is 0 Å². The van der Waals surface area contributed by atoms with Gasteiger partial charge in [0.05, 0.1) is 18.8 Å². The molecule has 10 atom stereocenters. The molecule has 0 amide bonds. The SMILES string of the molecule is OCC1OC(OC2C(OC3=Cc4c(O)cc(O)cc4OC3c3cc(O)c(O)c(O)c3)OCC(O)C2O)C(O)C(O)C1O. The molecule has 0 spiro atoms. The number of aliphatic hydroxyl groups excluding tert-OH is 6. The number of hydrogen-bond acceptors (Lipinski definition) is 16. The van der Waals surface area contributed by atoms with Gasteiger partial charge in [-0.1, -0.05) is 0 Å². The fraction of sp³-hybridized carbons (Fsp3) is 0.462. The Morgan fingerprint density at radius 1 is 0.786 bits per heavy atom. The summed E-state index contributed by atoms with van der Waals surface area (Å²) in [4.78, 5) is 0. The first-order valence-electron chi connectivity index (χ1n) is 12.7. The highest BCUT2D eigenvalue weighted by molar-refractivity contribution is 5.70. The van der Waals surface area contributed by atoms with Gasteiger partial charge in [-0.05, 0) is 18.2 Å². The molecule has 2 aromatic rings. The van der Waals surface area contributed by atoms with Crippen LogP contribution in [-0.2, 0) is 18.9 Å². The van der Waals surface area contributed by atoms with Crippen molar-refractivity contribution in [1.82, 2.24) is 0 Å². The predicted molar refractivity (Wildman–Crippen MR) is 134 cm³/mol. The van der Waals surface area contributed by atoms with Crippen molar-refractivity contribution in [3.8, 4) is 34.5 Å². The van der Waals surface area contributed by atoms with Crippen molar-refractivity contribution in [3.05, 3.63) is 41.2 Å². The molecule has 2 fully saturated rings. The van der Waals surface area contributed by atoms with Crippen LogP contribution in [0.1, 0.15) is 17.2 Å². The summed E-state index contributed by atoms with van der Waals surface area (Å²) in [6.07, 6.45) is -15.0. The Morgan fingerprint density at radius 3 is 2.14 bits per heavy atom. The monoisotopic (exact) mass is 598 g/mol. The third-order valence-electron chi connectivity index (χ3n) is 7.11. The highest BCUT2D eigenvalue weighted by Crippen LogP contribution is 2.47. The number of phenols is 5. The number of aromatic hydroxyl groups is 5. The predicted octanol–water partition coefficient (Wildman–Crippen LogP) is -2.03. The van der Waals surface area contributed by atoms with Gasteiger partial charge in [0.25, 0.3) is 0 Å². The summed E-state index contributed by atoms with van der Waals surface area (Å²) >= 11 is 0. The standard InChI is InChI=1S/C26H30O16/c27-6-17-20(35)21(36)22(37)25(41-17)42-24-19(34)14(32)7-38-26(24)40-16-5-10-11(29)3-9(28)4-15(10)39-23(16)8-1-12(30)18(33)13(31)2-8/h1-5,14,17,19-37H,6-7H2. The molecule has 0 saturated carbocycles. The van der Waals surface area contributed by atoms with E-state index in [4.69, 9.17) is 23.7 Å². The summed E-state index contributed by atoms with van der Waals surface area (Å²) in [5.41, 5.74) is 0.0550. The van der Waals surface area contributed by atoms with Crippen LogP contribution in [0.25, 0.3) is 6.08 Å². The van der Waals surface area contributed by atoms with Gasteiger partial charge in [0, 0.05) is 17.7 Å².